The van der Waals surface area contributed by atoms with Crippen LogP contribution in [0, 0.1) is 0 Å². The number of aromatic nitrogens is 1. The highest BCUT2D eigenvalue weighted by molar-refractivity contribution is 5.96. The van der Waals surface area contributed by atoms with Gasteiger partial charge in [-0.3, -0.25) is 9.78 Å². The summed E-state index contributed by atoms with van der Waals surface area (Å²) < 4.78 is 0. The Balaban J connectivity index is 1.38. The van der Waals surface area contributed by atoms with Crippen molar-refractivity contribution >= 4 is 16.7 Å². The Morgan fingerprint density at radius 3 is 1.84 bits per heavy atom. The van der Waals surface area contributed by atoms with Crippen LogP contribution in [0.4, 0.5) is 0 Å². The molecule has 0 unspecified atom stereocenters. The number of fused-ring (bicyclic) bond motifs is 1. The number of aryl methyl sites for hydroxylation is 2. The summed E-state index contributed by atoms with van der Waals surface area (Å²) in [5.41, 5.74) is 3.18. The first kappa shape index (κ1) is 21.8. The van der Waals surface area contributed by atoms with Gasteiger partial charge in [-0.15, -0.1) is 0 Å². The Hall–Kier alpha value is -3.46. The smallest absolute Gasteiger partial charge is 0.270 e. The van der Waals surface area contributed by atoms with Gasteiger partial charge < -0.3 is 5.32 Å². The number of carbonyl (C=O) groups is 1. The quantitative estimate of drug-likeness (QED) is 0.322. The maximum Gasteiger partial charge on any atom is 0.270 e. The molecule has 0 bridgehead atoms. The van der Waals surface area contributed by atoms with Gasteiger partial charge in [0.15, 0.2) is 0 Å². The third-order valence-corrected chi connectivity index (χ3v) is 5.92. The van der Waals surface area contributed by atoms with Crippen molar-refractivity contribution in [3.63, 3.8) is 0 Å². The van der Waals surface area contributed by atoms with Gasteiger partial charge >= 0.3 is 0 Å². The Kier molecular flexibility index (Phi) is 7.64. The number of benzene rings is 3. The highest BCUT2D eigenvalue weighted by Crippen LogP contribution is 2.16. The van der Waals surface area contributed by atoms with Crippen molar-refractivity contribution in [1.82, 2.24) is 10.3 Å². The molecular formula is C29H30N2O. The van der Waals surface area contributed by atoms with Crippen molar-refractivity contribution in [3.05, 3.63) is 114 Å². The van der Waals surface area contributed by atoms with E-state index in [1.807, 2.05) is 42.5 Å². The fourth-order valence-electron chi connectivity index (χ4n) is 4.15. The van der Waals surface area contributed by atoms with Crippen LogP contribution < -0.4 is 5.32 Å². The van der Waals surface area contributed by atoms with Crippen LogP contribution in [0.25, 0.3) is 10.8 Å². The largest absolute Gasteiger partial charge is 0.348 e. The van der Waals surface area contributed by atoms with Crippen LogP contribution in [0.15, 0.2) is 97.2 Å². The SMILES string of the molecule is O=C(NC(CCCc1ccccc1)CCCc1ccccc1)c1cc2ccccc2cn1. The lowest BCUT2D eigenvalue weighted by molar-refractivity contribution is 0.0927. The molecular weight excluding hydrogens is 392 g/mol. The number of pyridine rings is 1. The van der Waals surface area contributed by atoms with Crippen LogP contribution in [0.1, 0.15) is 47.3 Å². The predicted octanol–water partition coefficient (Wildman–Crippen LogP) is 6.38. The minimum absolute atomic E-state index is 0.0832. The molecule has 162 valence electrons. The molecule has 0 aliphatic heterocycles. The summed E-state index contributed by atoms with van der Waals surface area (Å²) in [7, 11) is 0. The average Bonchev–Trinajstić information content (AvgIpc) is 2.85. The molecule has 4 rings (SSSR count). The molecule has 0 fully saturated rings. The molecule has 0 aliphatic carbocycles. The summed E-state index contributed by atoms with van der Waals surface area (Å²) in [6.07, 6.45) is 7.85. The zero-order valence-electron chi connectivity index (χ0n) is 18.4. The van der Waals surface area contributed by atoms with Crippen LogP contribution in [0.2, 0.25) is 0 Å². The van der Waals surface area contributed by atoms with Gasteiger partial charge in [-0.1, -0.05) is 84.9 Å². The van der Waals surface area contributed by atoms with Crippen LogP contribution in [-0.2, 0) is 12.8 Å². The maximum atomic E-state index is 13.0. The van der Waals surface area contributed by atoms with E-state index in [0.717, 1.165) is 49.3 Å². The van der Waals surface area contributed by atoms with Gasteiger partial charge in [0, 0.05) is 17.6 Å². The lowest BCUT2D eigenvalue weighted by atomic mass is 9.99. The number of hydrogen-bond acceptors (Lipinski definition) is 2. The monoisotopic (exact) mass is 422 g/mol. The second kappa shape index (κ2) is 11.2. The summed E-state index contributed by atoms with van der Waals surface area (Å²) in [5, 5.41) is 5.36. The van der Waals surface area contributed by atoms with E-state index in [9.17, 15) is 4.79 Å². The van der Waals surface area contributed by atoms with Crippen molar-refractivity contribution in [2.45, 2.75) is 44.6 Å². The highest BCUT2D eigenvalue weighted by atomic mass is 16.1. The first-order valence-corrected chi connectivity index (χ1v) is 11.5. The minimum atomic E-state index is -0.0832. The van der Waals surface area contributed by atoms with Gasteiger partial charge in [0.2, 0.25) is 0 Å². The van der Waals surface area contributed by atoms with Gasteiger partial charge in [0.1, 0.15) is 5.69 Å². The number of hydrogen-bond donors (Lipinski definition) is 1. The fraction of sp³-hybridized carbons (Fsp3) is 0.241. The minimum Gasteiger partial charge on any atom is -0.348 e. The normalized spacial score (nSPS) is 11.0. The van der Waals surface area contributed by atoms with Crippen LogP contribution in [0.5, 0.6) is 0 Å². The molecule has 3 aromatic carbocycles. The second-order valence-corrected chi connectivity index (χ2v) is 8.34. The summed E-state index contributed by atoms with van der Waals surface area (Å²) in [6, 6.07) is 31.1. The molecule has 0 saturated carbocycles. The second-order valence-electron chi connectivity index (χ2n) is 8.34. The Morgan fingerprint density at radius 2 is 1.25 bits per heavy atom. The van der Waals surface area contributed by atoms with Crippen LogP contribution in [-0.4, -0.2) is 16.9 Å². The molecule has 1 N–H and O–H groups in total. The topological polar surface area (TPSA) is 42.0 Å². The summed E-state index contributed by atoms with van der Waals surface area (Å²) in [6.45, 7) is 0. The van der Waals surface area contributed by atoms with Gasteiger partial charge in [-0.2, -0.15) is 0 Å². The highest BCUT2D eigenvalue weighted by Gasteiger charge is 2.15. The molecule has 4 aromatic rings. The molecule has 1 heterocycles. The first-order chi connectivity index (χ1) is 15.8. The number of rotatable bonds is 10. The van der Waals surface area contributed by atoms with E-state index in [-0.39, 0.29) is 11.9 Å². The number of amides is 1. The van der Waals surface area contributed by atoms with Crippen molar-refractivity contribution in [2.24, 2.45) is 0 Å². The molecule has 32 heavy (non-hydrogen) atoms. The summed E-state index contributed by atoms with van der Waals surface area (Å²) in [5.74, 6) is -0.0832. The third kappa shape index (κ3) is 6.27. The van der Waals surface area contributed by atoms with E-state index in [1.54, 1.807) is 6.20 Å². The molecule has 0 radical (unpaired) electrons. The van der Waals surface area contributed by atoms with Crippen molar-refractivity contribution < 1.29 is 4.79 Å². The van der Waals surface area contributed by atoms with Crippen molar-refractivity contribution in [1.29, 1.82) is 0 Å². The average molecular weight is 423 g/mol. The summed E-state index contributed by atoms with van der Waals surface area (Å²) >= 11 is 0. The molecule has 1 amide bonds. The van der Waals surface area contributed by atoms with Crippen molar-refractivity contribution in [2.75, 3.05) is 0 Å². The zero-order valence-corrected chi connectivity index (χ0v) is 18.4. The van der Waals surface area contributed by atoms with E-state index >= 15 is 0 Å². The number of nitrogens with zero attached hydrogens (tertiary/aromatic N) is 1. The Labute approximate surface area is 190 Å². The van der Waals surface area contributed by atoms with E-state index < -0.39 is 0 Å². The van der Waals surface area contributed by atoms with Crippen LogP contribution in [0.3, 0.4) is 0 Å². The Morgan fingerprint density at radius 1 is 0.719 bits per heavy atom. The van der Waals surface area contributed by atoms with Gasteiger partial charge in [-0.05, 0) is 61.1 Å². The predicted molar refractivity (Wildman–Crippen MR) is 132 cm³/mol. The molecule has 0 saturated heterocycles. The Bertz CT molecular complexity index is 1080. The first-order valence-electron chi connectivity index (χ1n) is 11.5. The molecule has 0 spiro atoms. The molecule has 0 aliphatic rings. The van der Waals surface area contributed by atoms with E-state index in [2.05, 4.69) is 58.8 Å². The van der Waals surface area contributed by atoms with E-state index in [1.165, 1.54) is 11.1 Å². The van der Waals surface area contributed by atoms with Crippen molar-refractivity contribution in [3.8, 4) is 0 Å². The molecule has 0 atom stereocenters. The van der Waals surface area contributed by atoms with Gasteiger partial charge in [0.25, 0.3) is 5.91 Å². The molecule has 1 aromatic heterocycles. The lowest BCUT2D eigenvalue weighted by Crippen LogP contribution is -2.35. The number of nitrogens with one attached hydrogen (secondary N) is 1. The van der Waals surface area contributed by atoms with Gasteiger partial charge in [0.05, 0.1) is 0 Å². The molecule has 3 nitrogen and oxygen atoms in total. The van der Waals surface area contributed by atoms with E-state index in [4.69, 9.17) is 0 Å². The van der Waals surface area contributed by atoms with Gasteiger partial charge in [-0.25, -0.2) is 0 Å². The third-order valence-electron chi connectivity index (χ3n) is 5.92. The summed E-state index contributed by atoms with van der Waals surface area (Å²) in [4.78, 5) is 17.4. The zero-order chi connectivity index (χ0) is 22.0. The van der Waals surface area contributed by atoms with E-state index in [0.29, 0.717) is 5.69 Å². The standard InChI is InChI=1S/C29H30N2O/c32-29(28-21-25-17-7-8-18-26(25)22-30-28)31-27(19-9-15-23-11-3-1-4-12-23)20-10-16-24-13-5-2-6-14-24/h1-8,11-14,17-18,21-22,27H,9-10,15-16,19-20H2,(H,31,32). The maximum absolute atomic E-state index is 13.0. The van der Waals surface area contributed by atoms with Crippen LogP contribution >= 0.6 is 0 Å². The number of carbonyl (C=O) groups excluding carboxylic acids is 1. The lowest BCUT2D eigenvalue weighted by Gasteiger charge is -2.19. The molecule has 3 heteroatoms. The fourth-order valence-corrected chi connectivity index (χ4v) is 4.15.